The summed E-state index contributed by atoms with van der Waals surface area (Å²) < 4.78 is 1.24. The van der Waals surface area contributed by atoms with E-state index in [1.807, 2.05) is 39.8 Å². The van der Waals surface area contributed by atoms with Crippen LogP contribution in [0.1, 0.15) is 64.0 Å². The molecule has 0 aliphatic carbocycles. The van der Waals surface area contributed by atoms with Gasteiger partial charge in [-0.1, -0.05) is 133 Å². The molecule has 0 spiro atoms. The van der Waals surface area contributed by atoms with Gasteiger partial charge in [-0.3, -0.25) is 0 Å². The Kier molecular flexibility index (Phi) is 12.4. The number of thiophene rings is 1. The van der Waals surface area contributed by atoms with Crippen LogP contribution < -0.4 is 5.32 Å². The summed E-state index contributed by atoms with van der Waals surface area (Å²) in [4.78, 5) is 1.15. The number of nitrogens with one attached hydrogen (secondary N) is 1. The van der Waals surface area contributed by atoms with Gasteiger partial charge in [-0.05, 0) is 47.8 Å². The second-order valence-electron chi connectivity index (χ2n) is 7.78. The third-order valence-corrected chi connectivity index (χ3v) is 7.06. The molecule has 0 unspecified atom stereocenters. The third kappa shape index (κ3) is 6.99. The molecule has 0 amide bonds. The van der Waals surface area contributed by atoms with E-state index in [0.717, 1.165) is 28.2 Å². The summed E-state index contributed by atoms with van der Waals surface area (Å²) in [7, 11) is 0. The maximum Gasteiger partial charge on any atom is 0.0478 e. The Morgan fingerprint density at radius 3 is 2.00 bits per heavy atom. The van der Waals surface area contributed by atoms with Crippen LogP contribution in [0.2, 0.25) is 0 Å². The number of rotatable bonds is 8. The number of benzene rings is 3. The Balaban J connectivity index is 0.00000115. The molecule has 0 saturated heterocycles. The van der Waals surface area contributed by atoms with Crippen LogP contribution in [-0.2, 0) is 0 Å². The summed E-state index contributed by atoms with van der Waals surface area (Å²) >= 11 is 1.77. The molecule has 0 bridgehead atoms. The standard InChI is InChI=1S/C31H29NS.2C2H6/c1-5-22(23-15-11-9-12-16-23)21-25(6-2)32-28-20-19-27-26(7-3)29(8-4)33-31(27)30(28)24-17-13-10-14-18-24;2*1-2/h6-21,32H,3-5H2,1-2H3;2*1-2H3/b22-21+,25-6+;;. The lowest BCUT2D eigenvalue weighted by Gasteiger charge is -2.16. The third-order valence-electron chi connectivity index (χ3n) is 5.82. The lowest BCUT2D eigenvalue weighted by Crippen LogP contribution is -2.00. The molecule has 4 rings (SSSR count). The fraction of sp³-hybridized carbons (Fsp3) is 0.200. The van der Waals surface area contributed by atoms with Crippen molar-refractivity contribution >= 4 is 44.8 Å². The van der Waals surface area contributed by atoms with E-state index >= 15 is 0 Å². The first-order valence-electron chi connectivity index (χ1n) is 13.3. The average Bonchev–Trinajstić information content (AvgIpc) is 3.35. The van der Waals surface area contributed by atoms with Gasteiger partial charge in [0, 0.05) is 31.9 Å². The van der Waals surface area contributed by atoms with Gasteiger partial charge in [0.05, 0.1) is 0 Å². The maximum atomic E-state index is 4.05. The van der Waals surface area contributed by atoms with Crippen LogP contribution in [0.25, 0.3) is 38.9 Å². The topological polar surface area (TPSA) is 12.0 Å². The monoisotopic (exact) mass is 507 g/mol. The van der Waals surface area contributed by atoms with Crippen LogP contribution in [0.5, 0.6) is 0 Å². The van der Waals surface area contributed by atoms with Crippen LogP contribution in [-0.4, -0.2) is 0 Å². The molecule has 1 aromatic heterocycles. The summed E-state index contributed by atoms with van der Waals surface area (Å²) in [5, 5.41) is 4.94. The predicted octanol–water partition coefficient (Wildman–Crippen LogP) is 11.7. The number of anilines is 1. The van der Waals surface area contributed by atoms with E-state index in [4.69, 9.17) is 0 Å². The fourth-order valence-electron chi connectivity index (χ4n) is 4.13. The quantitative estimate of drug-likeness (QED) is 0.234. The Hall–Kier alpha value is -3.62. The Morgan fingerprint density at radius 1 is 0.838 bits per heavy atom. The van der Waals surface area contributed by atoms with Gasteiger partial charge in [0.1, 0.15) is 0 Å². The molecule has 4 aromatic rings. The van der Waals surface area contributed by atoms with Crippen LogP contribution >= 0.6 is 11.3 Å². The Labute approximate surface area is 228 Å². The van der Waals surface area contributed by atoms with Crippen LogP contribution in [0.3, 0.4) is 0 Å². The smallest absolute Gasteiger partial charge is 0.0478 e. The molecule has 1 nitrogen and oxygen atoms in total. The number of hydrogen-bond donors (Lipinski definition) is 1. The average molecular weight is 508 g/mol. The molecule has 192 valence electrons. The van der Waals surface area contributed by atoms with E-state index in [-0.39, 0.29) is 0 Å². The molecule has 3 aromatic carbocycles. The molecule has 37 heavy (non-hydrogen) atoms. The highest BCUT2D eigenvalue weighted by Gasteiger charge is 2.16. The molecular weight excluding hydrogens is 466 g/mol. The van der Waals surface area contributed by atoms with Crippen molar-refractivity contribution in [3.63, 3.8) is 0 Å². The van der Waals surface area contributed by atoms with Gasteiger partial charge in [-0.15, -0.1) is 11.3 Å². The van der Waals surface area contributed by atoms with E-state index in [1.165, 1.54) is 32.3 Å². The summed E-state index contributed by atoms with van der Waals surface area (Å²) in [6.45, 7) is 20.3. The molecule has 2 heteroatoms. The lowest BCUT2D eigenvalue weighted by atomic mass is 9.99. The van der Waals surface area contributed by atoms with E-state index in [1.54, 1.807) is 11.3 Å². The normalized spacial score (nSPS) is 11.1. The first-order valence-corrected chi connectivity index (χ1v) is 14.1. The first kappa shape index (κ1) is 29.6. The zero-order chi connectivity index (χ0) is 27.2. The molecule has 0 fully saturated rings. The summed E-state index contributed by atoms with van der Waals surface area (Å²) in [5.74, 6) is 0. The highest BCUT2D eigenvalue weighted by atomic mass is 32.1. The summed E-state index contributed by atoms with van der Waals surface area (Å²) in [5.41, 5.74) is 8.28. The van der Waals surface area contributed by atoms with E-state index in [2.05, 4.69) is 117 Å². The minimum atomic E-state index is 0.962. The lowest BCUT2D eigenvalue weighted by molar-refractivity contribution is 1.23. The second kappa shape index (κ2) is 15.5. The Morgan fingerprint density at radius 2 is 1.46 bits per heavy atom. The van der Waals surface area contributed by atoms with E-state index in [0.29, 0.717) is 0 Å². The van der Waals surface area contributed by atoms with Gasteiger partial charge < -0.3 is 5.32 Å². The van der Waals surface area contributed by atoms with Gasteiger partial charge >= 0.3 is 0 Å². The van der Waals surface area contributed by atoms with Gasteiger partial charge in [0.15, 0.2) is 0 Å². The summed E-state index contributed by atoms with van der Waals surface area (Å²) in [6, 6.07) is 25.6. The molecule has 1 heterocycles. The molecule has 0 aliphatic heterocycles. The van der Waals surface area contributed by atoms with Crippen LogP contribution in [0, 0.1) is 0 Å². The number of fused-ring (bicyclic) bond motifs is 1. The first-order chi connectivity index (χ1) is 18.2. The Bertz CT molecular complexity index is 1340. The second-order valence-corrected chi connectivity index (χ2v) is 8.83. The van der Waals surface area contributed by atoms with Gasteiger partial charge in [-0.2, -0.15) is 0 Å². The largest absolute Gasteiger partial charge is 0.355 e. The zero-order valence-electron chi connectivity index (χ0n) is 23.3. The van der Waals surface area contributed by atoms with Gasteiger partial charge in [0.25, 0.3) is 0 Å². The van der Waals surface area contributed by atoms with E-state index in [9.17, 15) is 0 Å². The van der Waals surface area contributed by atoms with Crippen molar-refractivity contribution in [3.05, 3.63) is 120 Å². The SMILES string of the molecule is C=Cc1sc2c(-c3ccccc3)c(NC(=C/C)/C=C(\CC)c3ccccc3)ccc2c1C=C.CC.CC. The zero-order valence-corrected chi connectivity index (χ0v) is 24.1. The van der Waals surface area contributed by atoms with Crippen molar-refractivity contribution in [1.82, 2.24) is 0 Å². The minimum Gasteiger partial charge on any atom is -0.355 e. The van der Waals surface area contributed by atoms with Gasteiger partial charge in [0.2, 0.25) is 0 Å². The molecule has 0 saturated carbocycles. The fourth-order valence-corrected chi connectivity index (χ4v) is 5.36. The van der Waals surface area contributed by atoms with Crippen molar-refractivity contribution in [2.24, 2.45) is 0 Å². The van der Waals surface area contributed by atoms with Gasteiger partial charge in [-0.25, -0.2) is 0 Å². The highest BCUT2D eigenvalue weighted by Crippen LogP contribution is 2.43. The predicted molar refractivity (Wildman–Crippen MR) is 172 cm³/mol. The molecule has 0 radical (unpaired) electrons. The van der Waals surface area contributed by atoms with E-state index < -0.39 is 0 Å². The van der Waals surface area contributed by atoms with Crippen LogP contribution in [0.4, 0.5) is 5.69 Å². The highest BCUT2D eigenvalue weighted by molar-refractivity contribution is 7.20. The van der Waals surface area contributed by atoms with Crippen molar-refractivity contribution < 1.29 is 0 Å². The van der Waals surface area contributed by atoms with Crippen molar-refractivity contribution in [3.8, 4) is 11.1 Å². The molecule has 0 atom stereocenters. The minimum absolute atomic E-state index is 0.962. The van der Waals surface area contributed by atoms with Crippen molar-refractivity contribution in [2.45, 2.75) is 48.0 Å². The maximum absolute atomic E-state index is 4.05. The van der Waals surface area contributed by atoms with Crippen molar-refractivity contribution in [2.75, 3.05) is 5.32 Å². The van der Waals surface area contributed by atoms with Crippen molar-refractivity contribution in [1.29, 1.82) is 0 Å². The molecule has 1 N–H and O–H groups in total. The molecule has 0 aliphatic rings. The molecular formula is C35H41NS. The summed E-state index contributed by atoms with van der Waals surface area (Å²) in [6.07, 6.45) is 9.22. The van der Waals surface area contributed by atoms with Crippen LogP contribution in [0.15, 0.2) is 104 Å². The number of hydrogen-bond acceptors (Lipinski definition) is 2. The number of allylic oxidation sites excluding steroid dienone is 3.